The highest BCUT2D eigenvalue weighted by atomic mass is 16.5. The van der Waals surface area contributed by atoms with Crippen LogP contribution < -0.4 is 0 Å². The van der Waals surface area contributed by atoms with Gasteiger partial charge in [0.15, 0.2) is 11.9 Å². The number of hydrogen-bond donors (Lipinski definition) is 1. The first-order valence-corrected chi connectivity index (χ1v) is 10.5. The van der Waals surface area contributed by atoms with Gasteiger partial charge in [-0.25, -0.2) is 4.79 Å². The molecule has 2 aromatic rings. The largest absolute Gasteiger partial charge is 0.479 e. The fourth-order valence-electron chi connectivity index (χ4n) is 3.55. The van der Waals surface area contributed by atoms with E-state index in [1.54, 1.807) is 0 Å². The van der Waals surface area contributed by atoms with Crippen LogP contribution in [0.5, 0.6) is 0 Å². The molecule has 0 saturated heterocycles. The van der Waals surface area contributed by atoms with Gasteiger partial charge in [0.1, 0.15) is 0 Å². The molecule has 5 nitrogen and oxygen atoms in total. The van der Waals surface area contributed by atoms with Gasteiger partial charge in [0.2, 0.25) is 0 Å². The molecule has 1 aliphatic heterocycles. The smallest absolute Gasteiger partial charge is 0.332 e. The van der Waals surface area contributed by atoms with Gasteiger partial charge in [-0.15, -0.1) is 0 Å². The van der Waals surface area contributed by atoms with Gasteiger partial charge in [-0.2, -0.15) is 0 Å². The van der Waals surface area contributed by atoms with E-state index in [4.69, 9.17) is 9.84 Å². The van der Waals surface area contributed by atoms with Gasteiger partial charge < -0.3 is 14.7 Å². The number of carbonyl (C=O) groups is 2. The fraction of sp³-hybridized carbons (Fsp3) is 0.308. The zero-order valence-electron chi connectivity index (χ0n) is 18.2. The zero-order chi connectivity index (χ0) is 22.4. The van der Waals surface area contributed by atoms with Crippen LogP contribution in [0.3, 0.4) is 0 Å². The van der Waals surface area contributed by atoms with Gasteiger partial charge in [-0.05, 0) is 44.5 Å². The summed E-state index contributed by atoms with van der Waals surface area (Å²) in [6, 6.07) is 15.4. The summed E-state index contributed by atoms with van der Waals surface area (Å²) in [6.07, 6.45) is 7.68. The molecule has 0 radical (unpaired) electrons. The number of benzene rings is 2. The van der Waals surface area contributed by atoms with Gasteiger partial charge in [0.05, 0.1) is 12.1 Å². The highest BCUT2D eigenvalue weighted by Crippen LogP contribution is 2.21. The number of ether oxygens (including phenoxy) is 1. The molecule has 0 amide bonds. The van der Waals surface area contributed by atoms with Crippen molar-refractivity contribution in [2.24, 2.45) is 0 Å². The summed E-state index contributed by atoms with van der Waals surface area (Å²) in [5.74, 6) is -0.825. The summed E-state index contributed by atoms with van der Waals surface area (Å²) in [7, 11) is 0. The van der Waals surface area contributed by atoms with Crippen LogP contribution in [0, 0.1) is 6.92 Å². The van der Waals surface area contributed by atoms with Crippen molar-refractivity contribution in [3.63, 3.8) is 0 Å². The van der Waals surface area contributed by atoms with E-state index < -0.39 is 12.1 Å². The second-order valence-electron chi connectivity index (χ2n) is 7.89. The molecule has 0 aliphatic carbocycles. The molecule has 2 aromatic carbocycles. The van der Waals surface area contributed by atoms with Crippen LogP contribution in [0.4, 0.5) is 0 Å². The van der Waals surface area contributed by atoms with Crippen molar-refractivity contribution in [2.75, 3.05) is 6.54 Å². The number of Topliss-reactive ketones (excluding diaryl/α,β-unsaturated/α-hetero) is 1. The van der Waals surface area contributed by atoms with Crippen molar-refractivity contribution in [1.29, 1.82) is 0 Å². The molecule has 0 spiro atoms. The molecule has 1 N–H and O–H groups in total. The molecule has 1 aliphatic rings. The Balaban J connectivity index is 1.57. The minimum atomic E-state index is -0.971. The average Bonchev–Trinajstić information content (AvgIpc) is 3.22. The summed E-state index contributed by atoms with van der Waals surface area (Å²) >= 11 is 0. The van der Waals surface area contributed by atoms with Gasteiger partial charge in [-0.1, -0.05) is 72.3 Å². The standard InChI is InChI=1S/C26H29NO4/c1-18-8-12-23(13-9-18)25(28)24-7-5-17-27(24)16-4-6-21-10-14-22(15-11-21)19(2)31-20(3)26(29)30/h4-6,8-15,17,19-20,24H,7,16H2,1-3H3,(H,29,30)/b6-4+. The van der Waals surface area contributed by atoms with E-state index in [9.17, 15) is 9.59 Å². The number of ketones is 1. The van der Waals surface area contributed by atoms with E-state index in [0.29, 0.717) is 6.54 Å². The number of carboxylic acids is 1. The SMILES string of the molecule is Cc1ccc(C(=O)C2CC=CN2C/C=C/c2ccc(C(C)OC(C)C(=O)O)cc2)cc1. The Hall–Kier alpha value is -3.18. The van der Waals surface area contributed by atoms with Crippen LogP contribution in [0.1, 0.15) is 53.4 Å². The van der Waals surface area contributed by atoms with Gasteiger partial charge in [-0.3, -0.25) is 4.79 Å². The van der Waals surface area contributed by atoms with E-state index in [2.05, 4.69) is 4.90 Å². The van der Waals surface area contributed by atoms with Gasteiger partial charge in [0.25, 0.3) is 0 Å². The Morgan fingerprint density at radius 2 is 1.81 bits per heavy atom. The van der Waals surface area contributed by atoms with E-state index in [1.165, 1.54) is 6.92 Å². The first-order chi connectivity index (χ1) is 14.8. The Bertz CT molecular complexity index is 960. The van der Waals surface area contributed by atoms with Crippen molar-refractivity contribution in [2.45, 2.75) is 45.4 Å². The molecule has 162 valence electrons. The van der Waals surface area contributed by atoms with Gasteiger partial charge >= 0.3 is 5.97 Å². The van der Waals surface area contributed by atoms with Crippen LogP contribution in [0.2, 0.25) is 0 Å². The molecule has 0 saturated carbocycles. The molecule has 1 heterocycles. The predicted molar refractivity (Wildman–Crippen MR) is 122 cm³/mol. The molecule has 0 fully saturated rings. The van der Waals surface area contributed by atoms with Crippen molar-refractivity contribution in [3.05, 3.63) is 89.1 Å². The number of nitrogens with zero attached hydrogens (tertiary/aromatic N) is 1. The first kappa shape index (κ1) is 22.5. The number of rotatable bonds is 9. The lowest BCUT2D eigenvalue weighted by Gasteiger charge is -2.23. The van der Waals surface area contributed by atoms with Crippen LogP contribution in [0.25, 0.3) is 6.08 Å². The molecule has 3 rings (SSSR count). The highest BCUT2D eigenvalue weighted by molar-refractivity contribution is 6.00. The van der Waals surface area contributed by atoms with E-state index in [1.807, 2.05) is 86.8 Å². The summed E-state index contributed by atoms with van der Waals surface area (Å²) in [4.78, 5) is 25.9. The third-order valence-corrected chi connectivity index (χ3v) is 5.48. The van der Waals surface area contributed by atoms with Gasteiger partial charge in [0, 0.05) is 12.1 Å². The van der Waals surface area contributed by atoms with Crippen molar-refractivity contribution in [1.82, 2.24) is 4.90 Å². The van der Waals surface area contributed by atoms with Crippen LogP contribution in [0.15, 0.2) is 66.9 Å². The Morgan fingerprint density at radius 3 is 2.45 bits per heavy atom. The normalized spacial score (nSPS) is 17.8. The van der Waals surface area contributed by atoms with Crippen molar-refractivity contribution < 1.29 is 19.4 Å². The minimum absolute atomic E-state index is 0.146. The maximum atomic E-state index is 12.9. The molecule has 0 bridgehead atoms. The lowest BCUT2D eigenvalue weighted by atomic mass is 10.0. The summed E-state index contributed by atoms with van der Waals surface area (Å²) in [5.41, 5.74) is 3.85. The quantitative estimate of drug-likeness (QED) is 0.578. The van der Waals surface area contributed by atoms with E-state index >= 15 is 0 Å². The lowest BCUT2D eigenvalue weighted by molar-refractivity contribution is -0.152. The number of aliphatic carboxylic acids is 1. The third kappa shape index (κ3) is 5.92. The molecule has 5 heteroatoms. The minimum Gasteiger partial charge on any atom is -0.479 e. The van der Waals surface area contributed by atoms with Crippen molar-refractivity contribution in [3.8, 4) is 0 Å². The number of carboxylic acid groups (broad SMARTS) is 1. The highest BCUT2D eigenvalue weighted by Gasteiger charge is 2.26. The van der Waals surface area contributed by atoms with Crippen LogP contribution in [-0.4, -0.2) is 40.4 Å². The lowest BCUT2D eigenvalue weighted by Crippen LogP contribution is -2.34. The fourth-order valence-corrected chi connectivity index (χ4v) is 3.55. The summed E-state index contributed by atoms with van der Waals surface area (Å²) in [6.45, 7) is 6.03. The second kappa shape index (κ2) is 10.2. The molecule has 31 heavy (non-hydrogen) atoms. The summed E-state index contributed by atoms with van der Waals surface area (Å²) in [5, 5.41) is 8.97. The van der Waals surface area contributed by atoms with E-state index in [-0.39, 0.29) is 17.9 Å². The second-order valence-corrected chi connectivity index (χ2v) is 7.89. The Labute approximate surface area is 183 Å². The zero-order valence-corrected chi connectivity index (χ0v) is 18.2. The Kier molecular flexibility index (Phi) is 7.42. The van der Waals surface area contributed by atoms with Crippen LogP contribution >= 0.6 is 0 Å². The van der Waals surface area contributed by atoms with E-state index in [0.717, 1.165) is 28.7 Å². The summed E-state index contributed by atoms with van der Waals surface area (Å²) < 4.78 is 5.50. The third-order valence-electron chi connectivity index (χ3n) is 5.48. The number of hydrogen-bond acceptors (Lipinski definition) is 4. The van der Waals surface area contributed by atoms with Crippen LogP contribution in [-0.2, 0) is 9.53 Å². The molecular formula is C26H29NO4. The molecule has 3 unspecified atom stereocenters. The maximum Gasteiger partial charge on any atom is 0.332 e. The topological polar surface area (TPSA) is 66.8 Å². The Morgan fingerprint density at radius 1 is 1.13 bits per heavy atom. The molecular weight excluding hydrogens is 390 g/mol. The number of aryl methyl sites for hydroxylation is 1. The van der Waals surface area contributed by atoms with Crippen molar-refractivity contribution >= 4 is 17.8 Å². The molecule has 3 atom stereocenters. The number of carbonyl (C=O) groups excluding carboxylic acids is 1. The maximum absolute atomic E-state index is 12.9. The average molecular weight is 420 g/mol. The first-order valence-electron chi connectivity index (χ1n) is 10.5. The predicted octanol–water partition coefficient (Wildman–Crippen LogP) is 5.03. The monoisotopic (exact) mass is 419 g/mol. The molecule has 0 aromatic heterocycles.